The summed E-state index contributed by atoms with van der Waals surface area (Å²) < 4.78 is 0.987. The second-order valence-corrected chi connectivity index (χ2v) is 7.60. The Balaban J connectivity index is 1.50. The Bertz CT molecular complexity index is 714. The SMILES string of the molecule is CC(c1ccccc1)N(C)C(=O)CN1CCN(c2ccc(Br)cn2)CC1. The number of carbonyl (C=O) groups is 1. The highest BCUT2D eigenvalue weighted by Crippen LogP contribution is 2.19. The Hall–Kier alpha value is -1.92. The highest BCUT2D eigenvalue weighted by atomic mass is 79.9. The molecule has 3 rings (SSSR count). The quantitative estimate of drug-likeness (QED) is 0.750. The van der Waals surface area contributed by atoms with Gasteiger partial charge in [0.25, 0.3) is 0 Å². The predicted molar refractivity (Wildman–Crippen MR) is 108 cm³/mol. The number of hydrogen-bond acceptors (Lipinski definition) is 4. The van der Waals surface area contributed by atoms with Crippen LogP contribution in [0.2, 0.25) is 0 Å². The van der Waals surface area contributed by atoms with Crippen LogP contribution < -0.4 is 4.90 Å². The molecular weight excluding hydrogens is 392 g/mol. The summed E-state index contributed by atoms with van der Waals surface area (Å²) >= 11 is 3.42. The van der Waals surface area contributed by atoms with Crippen LogP contribution in [0.3, 0.4) is 0 Å². The lowest BCUT2D eigenvalue weighted by molar-refractivity contribution is -0.133. The van der Waals surface area contributed by atoms with Gasteiger partial charge in [-0.25, -0.2) is 4.98 Å². The number of carbonyl (C=O) groups excluding carboxylic acids is 1. The van der Waals surface area contributed by atoms with Crippen LogP contribution in [0.5, 0.6) is 0 Å². The third-order valence-electron chi connectivity index (χ3n) is 5.02. The Kier molecular flexibility index (Phi) is 6.27. The maximum Gasteiger partial charge on any atom is 0.236 e. The van der Waals surface area contributed by atoms with Crippen LogP contribution in [0.1, 0.15) is 18.5 Å². The van der Waals surface area contributed by atoms with Gasteiger partial charge < -0.3 is 9.80 Å². The van der Waals surface area contributed by atoms with Crippen molar-refractivity contribution in [2.24, 2.45) is 0 Å². The Labute approximate surface area is 163 Å². The molecule has 2 aromatic rings. The van der Waals surface area contributed by atoms with Gasteiger partial charge in [0.15, 0.2) is 0 Å². The van der Waals surface area contributed by atoms with Gasteiger partial charge in [0.05, 0.1) is 12.6 Å². The van der Waals surface area contributed by atoms with Crippen molar-refractivity contribution < 1.29 is 4.79 Å². The summed E-state index contributed by atoms with van der Waals surface area (Å²) in [7, 11) is 1.89. The second kappa shape index (κ2) is 8.64. The van der Waals surface area contributed by atoms with Crippen molar-refractivity contribution >= 4 is 27.7 Å². The zero-order valence-corrected chi connectivity index (χ0v) is 16.9. The predicted octanol–water partition coefficient (Wildman–Crippen LogP) is 3.19. The first-order valence-electron chi connectivity index (χ1n) is 8.94. The maximum atomic E-state index is 12.7. The Morgan fingerprint density at radius 2 is 1.85 bits per heavy atom. The molecule has 6 heteroatoms. The Morgan fingerprint density at radius 1 is 1.15 bits per heavy atom. The van der Waals surface area contributed by atoms with E-state index in [2.05, 4.69) is 49.8 Å². The van der Waals surface area contributed by atoms with Gasteiger partial charge in [0, 0.05) is 43.9 Å². The van der Waals surface area contributed by atoms with Crippen LogP contribution in [0.25, 0.3) is 0 Å². The molecule has 138 valence electrons. The average Bonchev–Trinajstić information content (AvgIpc) is 2.69. The molecule has 1 aliphatic heterocycles. The molecule has 1 aromatic carbocycles. The lowest BCUT2D eigenvalue weighted by atomic mass is 10.1. The molecule has 1 aliphatic rings. The van der Waals surface area contributed by atoms with Crippen LogP contribution in [0.4, 0.5) is 5.82 Å². The van der Waals surface area contributed by atoms with Crippen LogP contribution in [-0.2, 0) is 4.79 Å². The number of likely N-dealkylation sites (N-methyl/N-ethyl adjacent to an activating group) is 1. The lowest BCUT2D eigenvalue weighted by Crippen LogP contribution is -2.50. The van der Waals surface area contributed by atoms with Crippen molar-refractivity contribution in [3.63, 3.8) is 0 Å². The summed E-state index contributed by atoms with van der Waals surface area (Å²) in [6, 6.07) is 14.3. The van der Waals surface area contributed by atoms with E-state index >= 15 is 0 Å². The third-order valence-corrected chi connectivity index (χ3v) is 5.49. The summed E-state index contributed by atoms with van der Waals surface area (Å²) in [6.07, 6.45) is 1.82. The first-order valence-corrected chi connectivity index (χ1v) is 9.73. The first kappa shape index (κ1) is 18.9. The molecule has 0 saturated carbocycles. The first-order chi connectivity index (χ1) is 12.5. The zero-order valence-electron chi connectivity index (χ0n) is 15.3. The molecule has 2 heterocycles. The second-order valence-electron chi connectivity index (χ2n) is 6.69. The number of hydrogen-bond donors (Lipinski definition) is 0. The van der Waals surface area contributed by atoms with Gasteiger partial charge in [0.2, 0.25) is 5.91 Å². The van der Waals surface area contributed by atoms with Crippen LogP contribution in [0.15, 0.2) is 53.1 Å². The number of anilines is 1. The number of rotatable bonds is 5. The third kappa shape index (κ3) is 4.62. The molecule has 5 nitrogen and oxygen atoms in total. The summed E-state index contributed by atoms with van der Waals surface area (Å²) in [6.45, 7) is 6.06. The van der Waals surface area contributed by atoms with Crippen LogP contribution in [-0.4, -0.2) is 60.5 Å². The highest BCUT2D eigenvalue weighted by molar-refractivity contribution is 9.10. The highest BCUT2D eigenvalue weighted by Gasteiger charge is 2.23. The molecule has 0 aliphatic carbocycles. The van der Waals surface area contributed by atoms with E-state index in [1.165, 1.54) is 0 Å². The molecule has 1 unspecified atom stereocenters. The van der Waals surface area contributed by atoms with Gasteiger partial charge in [-0.2, -0.15) is 0 Å². The van der Waals surface area contributed by atoms with E-state index in [-0.39, 0.29) is 11.9 Å². The van der Waals surface area contributed by atoms with Crippen molar-refractivity contribution in [3.05, 3.63) is 58.7 Å². The molecule has 0 bridgehead atoms. The summed E-state index contributed by atoms with van der Waals surface area (Å²) in [5.41, 5.74) is 1.16. The number of aromatic nitrogens is 1. The van der Waals surface area contributed by atoms with E-state index in [1.54, 1.807) is 0 Å². The number of halogens is 1. The molecule has 1 saturated heterocycles. The minimum atomic E-state index is 0.0805. The van der Waals surface area contributed by atoms with E-state index in [0.717, 1.165) is 42.0 Å². The largest absolute Gasteiger partial charge is 0.354 e. The summed E-state index contributed by atoms with van der Waals surface area (Å²) in [5.74, 6) is 1.16. The minimum absolute atomic E-state index is 0.0805. The van der Waals surface area contributed by atoms with E-state index in [1.807, 2.05) is 48.5 Å². The number of amides is 1. The van der Waals surface area contributed by atoms with Gasteiger partial charge in [-0.3, -0.25) is 9.69 Å². The van der Waals surface area contributed by atoms with E-state index in [9.17, 15) is 4.79 Å². The van der Waals surface area contributed by atoms with Crippen LogP contribution >= 0.6 is 15.9 Å². The van der Waals surface area contributed by atoms with Gasteiger partial charge in [0.1, 0.15) is 5.82 Å². The van der Waals surface area contributed by atoms with Gasteiger partial charge in [-0.15, -0.1) is 0 Å². The van der Waals surface area contributed by atoms with Gasteiger partial charge in [-0.05, 0) is 40.5 Å². The van der Waals surface area contributed by atoms with Crippen molar-refractivity contribution in [3.8, 4) is 0 Å². The number of piperazine rings is 1. The van der Waals surface area contributed by atoms with Crippen LogP contribution in [0, 0.1) is 0 Å². The fourth-order valence-electron chi connectivity index (χ4n) is 3.16. The molecular formula is C20H25BrN4O. The zero-order chi connectivity index (χ0) is 18.5. The van der Waals surface area contributed by atoms with Crippen molar-refractivity contribution in [1.82, 2.24) is 14.8 Å². The van der Waals surface area contributed by atoms with Crippen molar-refractivity contribution in [2.45, 2.75) is 13.0 Å². The summed E-state index contributed by atoms with van der Waals surface area (Å²) in [5, 5.41) is 0. The minimum Gasteiger partial charge on any atom is -0.354 e. The normalized spacial score (nSPS) is 16.3. The molecule has 0 N–H and O–H groups in total. The lowest BCUT2D eigenvalue weighted by Gasteiger charge is -2.36. The molecule has 1 aromatic heterocycles. The van der Waals surface area contributed by atoms with Crippen molar-refractivity contribution in [2.75, 3.05) is 44.7 Å². The molecule has 0 spiro atoms. The van der Waals surface area contributed by atoms with Gasteiger partial charge in [-0.1, -0.05) is 30.3 Å². The van der Waals surface area contributed by atoms with E-state index in [4.69, 9.17) is 0 Å². The number of pyridine rings is 1. The average molecular weight is 417 g/mol. The fraction of sp³-hybridized carbons (Fsp3) is 0.400. The standard InChI is InChI=1S/C20H25BrN4O/c1-16(17-6-4-3-5-7-17)23(2)20(26)15-24-10-12-25(13-11-24)19-9-8-18(21)14-22-19/h3-9,14,16H,10-13,15H2,1-2H3. The monoisotopic (exact) mass is 416 g/mol. The maximum absolute atomic E-state index is 12.7. The van der Waals surface area contributed by atoms with Crippen molar-refractivity contribution in [1.29, 1.82) is 0 Å². The van der Waals surface area contributed by atoms with E-state index < -0.39 is 0 Å². The number of nitrogens with zero attached hydrogens (tertiary/aromatic N) is 4. The van der Waals surface area contributed by atoms with Gasteiger partial charge >= 0.3 is 0 Å². The summed E-state index contributed by atoms with van der Waals surface area (Å²) in [4.78, 5) is 23.5. The fourth-order valence-corrected chi connectivity index (χ4v) is 3.40. The molecule has 1 atom stereocenters. The Morgan fingerprint density at radius 3 is 2.46 bits per heavy atom. The molecule has 1 amide bonds. The molecule has 1 fully saturated rings. The van der Waals surface area contributed by atoms with E-state index in [0.29, 0.717) is 6.54 Å². The number of benzene rings is 1. The smallest absolute Gasteiger partial charge is 0.236 e. The molecule has 26 heavy (non-hydrogen) atoms. The topological polar surface area (TPSA) is 39.7 Å². The molecule has 0 radical (unpaired) electrons.